The SMILES string of the molecule is O=C1CSC(=NN=Cc2cc([N+](=O)[O-])ccc2SCc2ccccc2)N1. The Kier molecular flexibility index (Phi) is 6.03. The summed E-state index contributed by atoms with van der Waals surface area (Å²) in [5, 5.41) is 21.9. The fourth-order valence-corrected chi connectivity index (χ4v) is 3.73. The highest BCUT2D eigenvalue weighted by molar-refractivity contribution is 8.15. The van der Waals surface area contributed by atoms with Crippen molar-refractivity contribution in [3.63, 3.8) is 0 Å². The predicted molar refractivity (Wildman–Crippen MR) is 105 cm³/mol. The van der Waals surface area contributed by atoms with Crippen molar-refractivity contribution >= 4 is 46.5 Å². The molecule has 1 saturated heterocycles. The fraction of sp³-hybridized carbons (Fsp3) is 0.118. The van der Waals surface area contributed by atoms with Crippen LogP contribution in [0.2, 0.25) is 0 Å². The van der Waals surface area contributed by atoms with E-state index in [1.54, 1.807) is 17.8 Å². The van der Waals surface area contributed by atoms with Crippen molar-refractivity contribution < 1.29 is 9.72 Å². The minimum atomic E-state index is -0.443. The van der Waals surface area contributed by atoms with Gasteiger partial charge in [-0.1, -0.05) is 42.1 Å². The zero-order valence-electron chi connectivity index (χ0n) is 13.5. The number of nitro benzene ring substituents is 1. The Morgan fingerprint density at radius 2 is 2.08 bits per heavy atom. The van der Waals surface area contributed by atoms with Crippen LogP contribution in [0.5, 0.6) is 0 Å². The van der Waals surface area contributed by atoms with Crippen LogP contribution in [0.15, 0.2) is 63.6 Å². The average Bonchev–Trinajstić information content (AvgIpc) is 3.06. The summed E-state index contributed by atoms with van der Waals surface area (Å²) in [6.45, 7) is 0. The highest BCUT2D eigenvalue weighted by Gasteiger charge is 2.16. The lowest BCUT2D eigenvalue weighted by molar-refractivity contribution is -0.384. The Morgan fingerprint density at radius 1 is 1.27 bits per heavy atom. The molecule has 2 aromatic rings. The van der Waals surface area contributed by atoms with Crippen LogP contribution in [0.25, 0.3) is 0 Å². The van der Waals surface area contributed by atoms with Gasteiger partial charge in [0.15, 0.2) is 5.17 Å². The molecule has 0 bridgehead atoms. The number of hydrogen-bond donors (Lipinski definition) is 1. The van der Waals surface area contributed by atoms with Crippen LogP contribution in [0.3, 0.4) is 0 Å². The third-order valence-electron chi connectivity index (χ3n) is 3.37. The van der Waals surface area contributed by atoms with Gasteiger partial charge in [0.1, 0.15) is 0 Å². The second-order valence-corrected chi connectivity index (χ2v) is 7.22. The number of amides is 1. The average molecular weight is 386 g/mol. The van der Waals surface area contributed by atoms with Crippen molar-refractivity contribution in [1.82, 2.24) is 5.32 Å². The molecule has 1 aliphatic heterocycles. The van der Waals surface area contributed by atoms with Gasteiger partial charge in [-0.15, -0.1) is 16.9 Å². The lowest BCUT2D eigenvalue weighted by Crippen LogP contribution is -2.19. The summed E-state index contributed by atoms with van der Waals surface area (Å²) >= 11 is 2.83. The normalized spacial score (nSPS) is 15.5. The maximum Gasteiger partial charge on any atom is 0.270 e. The molecular formula is C17H14N4O3S2. The Balaban J connectivity index is 1.79. The van der Waals surface area contributed by atoms with Gasteiger partial charge in [0.05, 0.1) is 16.9 Å². The van der Waals surface area contributed by atoms with Gasteiger partial charge in [-0.3, -0.25) is 14.9 Å². The van der Waals surface area contributed by atoms with E-state index < -0.39 is 4.92 Å². The molecule has 0 atom stereocenters. The van der Waals surface area contributed by atoms with E-state index in [1.165, 1.54) is 30.1 Å². The minimum absolute atomic E-state index is 0.00768. The van der Waals surface area contributed by atoms with Gasteiger partial charge in [0.25, 0.3) is 5.69 Å². The molecule has 0 saturated carbocycles. The van der Waals surface area contributed by atoms with Gasteiger partial charge < -0.3 is 5.32 Å². The van der Waals surface area contributed by atoms with E-state index in [-0.39, 0.29) is 11.6 Å². The second kappa shape index (κ2) is 8.63. The molecular weight excluding hydrogens is 372 g/mol. The lowest BCUT2D eigenvalue weighted by Gasteiger charge is -2.05. The first-order valence-electron chi connectivity index (χ1n) is 7.60. The monoisotopic (exact) mass is 386 g/mol. The van der Waals surface area contributed by atoms with E-state index in [1.807, 2.05) is 30.3 Å². The van der Waals surface area contributed by atoms with Crippen LogP contribution in [0.4, 0.5) is 5.69 Å². The largest absolute Gasteiger partial charge is 0.303 e. The van der Waals surface area contributed by atoms with E-state index in [0.717, 1.165) is 16.2 Å². The van der Waals surface area contributed by atoms with Crippen LogP contribution < -0.4 is 5.32 Å². The van der Waals surface area contributed by atoms with Crippen molar-refractivity contribution in [2.24, 2.45) is 10.2 Å². The van der Waals surface area contributed by atoms with Crippen molar-refractivity contribution in [1.29, 1.82) is 0 Å². The summed E-state index contributed by atoms with van der Waals surface area (Å²) < 4.78 is 0. The summed E-state index contributed by atoms with van der Waals surface area (Å²) in [5.74, 6) is 0.946. The number of amidine groups is 1. The number of rotatable bonds is 6. The predicted octanol–water partition coefficient (Wildman–Crippen LogP) is 3.44. The number of nitro groups is 1. The molecule has 0 aromatic heterocycles. The summed E-state index contributed by atoms with van der Waals surface area (Å²) in [5.41, 5.74) is 1.76. The van der Waals surface area contributed by atoms with E-state index in [2.05, 4.69) is 15.5 Å². The first-order valence-corrected chi connectivity index (χ1v) is 9.58. The van der Waals surface area contributed by atoms with Crippen LogP contribution in [-0.4, -0.2) is 28.0 Å². The molecule has 1 heterocycles. The molecule has 0 aliphatic carbocycles. The Bertz CT molecular complexity index is 885. The first kappa shape index (κ1) is 18.2. The van der Waals surface area contributed by atoms with Crippen molar-refractivity contribution in [3.8, 4) is 0 Å². The van der Waals surface area contributed by atoms with Crippen LogP contribution in [0.1, 0.15) is 11.1 Å². The summed E-state index contributed by atoms with van der Waals surface area (Å²) in [7, 11) is 0. The van der Waals surface area contributed by atoms with Gasteiger partial charge in [-0.25, -0.2) is 0 Å². The lowest BCUT2D eigenvalue weighted by atomic mass is 10.2. The van der Waals surface area contributed by atoms with Crippen molar-refractivity contribution in [3.05, 3.63) is 69.8 Å². The molecule has 1 fully saturated rings. The van der Waals surface area contributed by atoms with Gasteiger partial charge in [-0.05, 0) is 11.6 Å². The highest BCUT2D eigenvalue weighted by Crippen LogP contribution is 2.28. The van der Waals surface area contributed by atoms with Gasteiger partial charge in [0.2, 0.25) is 5.91 Å². The molecule has 1 amide bonds. The van der Waals surface area contributed by atoms with E-state index >= 15 is 0 Å². The highest BCUT2D eigenvalue weighted by atomic mass is 32.2. The molecule has 0 unspecified atom stereocenters. The van der Waals surface area contributed by atoms with Crippen molar-refractivity contribution in [2.75, 3.05) is 5.75 Å². The first-order chi connectivity index (χ1) is 12.6. The molecule has 0 spiro atoms. The summed E-state index contributed by atoms with van der Waals surface area (Å²) in [6, 6.07) is 14.6. The van der Waals surface area contributed by atoms with E-state index in [4.69, 9.17) is 0 Å². The molecule has 7 nitrogen and oxygen atoms in total. The maximum absolute atomic E-state index is 11.1. The van der Waals surface area contributed by atoms with E-state index in [9.17, 15) is 14.9 Å². The second-order valence-electron chi connectivity index (χ2n) is 5.24. The quantitative estimate of drug-likeness (QED) is 0.355. The Hall–Kier alpha value is -2.65. The Morgan fingerprint density at radius 3 is 2.77 bits per heavy atom. The number of hydrogen-bond acceptors (Lipinski definition) is 7. The maximum atomic E-state index is 11.1. The fourth-order valence-electron chi connectivity index (χ4n) is 2.14. The van der Waals surface area contributed by atoms with Gasteiger partial charge in [-0.2, -0.15) is 5.10 Å². The molecule has 9 heteroatoms. The zero-order valence-corrected chi connectivity index (χ0v) is 15.1. The molecule has 1 aliphatic rings. The number of benzene rings is 2. The smallest absolute Gasteiger partial charge is 0.270 e. The number of carbonyl (C=O) groups excluding carboxylic acids is 1. The summed E-state index contributed by atoms with van der Waals surface area (Å²) in [6.07, 6.45) is 1.47. The van der Waals surface area contributed by atoms with Crippen LogP contribution in [0, 0.1) is 10.1 Å². The number of non-ortho nitro benzene ring substituents is 1. The third kappa shape index (κ3) is 4.93. The molecule has 3 rings (SSSR count). The summed E-state index contributed by atoms with van der Waals surface area (Å²) in [4.78, 5) is 22.6. The molecule has 1 N–H and O–H groups in total. The van der Waals surface area contributed by atoms with Gasteiger partial charge >= 0.3 is 0 Å². The molecule has 0 radical (unpaired) electrons. The van der Waals surface area contributed by atoms with Gasteiger partial charge in [0, 0.05) is 28.3 Å². The topological polar surface area (TPSA) is 97.0 Å². The number of nitrogens with zero attached hydrogens (tertiary/aromatic N) is 3. The molecule has 2 aromatic carbocycles. The number of nitrogens with one attached hydrogen (secondary N) is 1. The Labute approximate surface area is 158 Å². The number of thioether (sulfide) groups is 2. The minimum Gasteiger partial charge on any atom is -0.303 e. The van der Waals surface area contributed by atoms with E-state index in [0.29, 0.717) is 16.5 Å². The molecule has 26 heavy (non-hydrogen) atoms. The third-order valence-corrected chi connectivity index (χ3v) is 5.40. The van der Waals surface area contributed by atoms with Crippen LogP contribution in [-0.2, 0) is 10.5 Å². The van der Waals surface area contributed by atoms with Crippen molar-refractivity contribution in [2.45, 2.75) is 10.6 Å². The standard InChI is InChI=1S/C17H14N4O3S2/c22-16-11-26-17(19-16)20-18-9-13-8-14(21(23)24)6-7-15(13)25-10-12-4-2-1-3-5-12/h1-9H,10-11H2,(H,19,20,22). The van der Waals surface area contributed by atoms with Crippen LogP contribution >= 0.6 is 23.5 Å². The number of carbonyl (C=O) groups is 1. The molecule has 132 valence electrons. The zero-order chi connectivity index (χ0) is 18.4.